The van der Waals surface area contributed by atoms with Gasteiger partial charge in [0.1, 0.15) is 0 Å². The molecule has 2 aromatic rings. The number of piperidine rings is 1. The first kappa shape index (κ1) is 26.2. The number of ether oxygens (including phenoxy) is 2. The molecule has 0 saturated carbocycles. The number of aryl methyl sites for hydroxylation is 1. The highest BCUT2D eigenvalue weighted by molar-refractivity contribution is 6.22. The summed E-state index contributed by atoms with van der Waals surface area (Å²) in [7, 11) is 0. The molecule has 4 rings (SSSR count). The first-order chi connectivity index (χ1) is 17.8. The zero-order valence-electron chi connectivity index (χ0n) is 21.0. The third kappa shape index (κ3) is 5.94. The fraction of sp³-hybridized carbons (Fsp3) is 0.393. The maximum Gasteiger partial charge on any atom is 0.338 e. The van der Waals surface area contributed by atoms with Gasteiger partial charge in [0.15, 0.2) is 12.4 Å². The van der Waals surface area contributed by atoms with Gasteiger partial charge < -0.3 is 9.47 Å². The summed E-state index contributed by atoms with van der Waals surface area (Å²) in [5.41, 5.74) is 2.05. The Morgan fingerprint density at radius 3 is 2.14 bits per heavy atom. The highest BCUT2D eigenvalue weighted by Gasteiger charge is 2.44. The minimum atomic E-state index is -0.673. The zero-order valence-corrected chi connectivity index (χ0v) is 21.0. The van der Waals surface area contributed by atoms with E-state index < -0.39 is 12.0 Å². The second-order valence-corrected chi connectivity index (χ2v) is 9.26. The van der Waals surface area contributed by atoms with Gasteiger partial charge in [0, 0.05) is 5.56 Å². The van der Waals surface area contributed by atoms with Crippen molar-refractivity contribution >= 4 is 35.2 Å². The smallest absolute Gasteiger partial charge is 0.338 e. The molecule has 0 bridgehead atoms. The summed E-state index contributed by atoms with van der Waals surface area (Å²) >= 11 is 0. The van der Waals surface area contributed by atoms with Crippen LogP contribution in [0.5, 0.6) is 0 Å². The fourth-order valence-electron chi connectivity index (χ4n) is 4.66. The number of Topliss-reactive ketones (excluding diaryl/α,β-unsaturated/α-hetero) is 1. The number of ketones is 1. The van der Waals surface area contributed by atoms with Crippen molar-refractivity contribution in [1.29, 1.82) is 0 Å². The van der Waals surface area contributed by atoms with Crippen LogP contribution in [-0.2, 0) is 23.9 Å². The van der Waals surface area contributed by atoms with E-state index in [9.17, 15) is 24.0 Å². The maximum absolute atomic E-state index is 13.1. The predicted octanol–water partition coefficient (Wildman–Crippen LogP) is 2.94. The van der Waals surface area contributed by atoms with Crippen molar-refractivity contribution in [2.45, 2.75) is 39.2 Å². The summed E-state index contributed by atoms with van der Waals surface area (Å²) in [6.07, 6.45) is 1.23. The first-order valence-corrected chi connectivity index (χ1v) is 12.4. The molecular formula is C28H30N2O7. The van der Waals surface area contributed by atoms with Crippen molar-refractivity contribution in [3.63, 3.8) is 0 Å². The number of nitrogens with zero attached hydrogens (tertiary/aromatic N) is 2. The number of carbonyl (C=O) groups excluding carboxylic acids is 5. The number of hydrogen-bond acceptors (Lipinski definition) is 8. The molecule has 1 unspecified atom stereocenters. The quantitative estimate of drug-likeness (QED) is 0.305. The molecule has 0 N–H and O–H groups in total. The van der Waals surface area contributed by atoms with Crippen molar-refractivity contribution in [3.8, 4) is 0 Å². The number of anilines is 1. The molecule has 2 fully saturated rings. The lowest BCUT2D eigenvalue weighted by Crippen LogP contribution is -2.47. The van der Waals surface area contributed by atoms with E-state index in [0.717, 1.165) is 10.5 Å². The second-order valence-electron chi connectivity index (χ2n) is 9.26. The monoisotopic (exact) mass is 506 g/mol. The molecule has 2 amide bonds. The van der Waals surface area contributed by atoms with E-state index in [0.29, 0.717) is 43.8 Å². The first-order valence-electron chi connectivity index (χ1n) is 12.4. The third-order valence-corrected chi connectivity index (χ3v) is 6.78. The summed E-state index contributed by atoms with van der Waals surface area (Å²) < 4.78 is 10.2. The number of rotatable bonds is 8. The molecule has 2 saturated heterocycles. The van der Waals surface area contributed by atoms with E-state index in [-0.39, 0.29) is 48.1 Å². The summed E-state index contributed by atoms with van der Waals surface area (Å²) in [4.78, 5) is 65.6. The number of hydrogen-bond donors (Lipinski definition) is 0. The normalized spacial score (nSPS) is 18.6. The van der Waals surface area contributed by atoms with Crippen LogP contribution in [0.4, 0.5) is 5.69 Å². The Labute approximate surface area is 215 Å². The van der Waals surface area contributed by atoms with Crippen LogP contribution in [0.1, 0.15) is 52.5 Å². The zero-order chi connectivity index (χ0) is 26.5. The van der Waals surface area contributed by atoms with E-state index in [1.165, 1.54) is 24.3 Å². The summed E-state index contributed by atoms with van der Waals surface area (Å²) in [5.74, 6) is -2.01. The molecule has 0 radical (unpaired) electrons. The Balaban J connectivity index is 1.33. The van der Waals surface area contributed by atoms with Crippen molar-refractivity contribution in [1.82, 2.24) is 4.90 Å². The molecule has 0 spiro atoms. The number of esters is 2. The largest absolute Gasteiger partial charge is 0.466 e. The predicted molar refractivity (Wildman–Crippen MR) is 134 cm³/mol. The van der Waals surface area contributed by atoms with Gasteiger partial charge in [-0.2, -0.15) is 0 Å². The summed E-state index contributed by atoms with van der Waals surface area (Å²) in [6, 6.07) is 12.4. The maximum atomic E-state index is 13.1. The van der Waals surface area contributed by atoms with Gasteiger partial charge in [-0.3, -0.25) is 24.1 Å². The van der Waals surface area contributed by atoms with Gasteiger partial charge in [0.05, 0.1) is 36.2 Å². The van der Waals surface area contributed by atoms with Gasteiger partial charge in [-0.05, 0) is 64.0 Å². The Morgan fingerprint density at radius 1 is 0.892 bits per heavy atom. The average Bonchev–Trinajstić information content (AvgIpc) is 3.21. The van der Waals surface area contributed by atoms with Gasteiger partial charge in [-0.1, -0.05) is 29.8 Å². The standard InChI is InChI=1S/C28H30N2O7/c1-3-36-27(34)21-12-14-29(15-13-21)23-16-25(32)30(26(23)33)22-10-8-20(9-11-22)28(35)37-17-24(31)19-6-4-18(2)5-7-19/h4-11,21,23H,3,12-17H2,1-2H3. The Hall–Kier alpha value is -3.85. The van der Waals surface area contributed by atoms with Crippen LogP contribution in [0.2, 0.25) is 0 Å². The van der Waals surface area contributed by atoms with Gasteiger partial charge in [0.2, 0.25) is 5.91 Å². The van der Waals surface area contributed by atoms with E-state index >= 15 is 0 Å². The van der Waals surface area contributed by atoms with Gasteiger partial charge >= 0.3 is 11.9 Å². The van der Waals surface area contributed by atoms with Crippen molar-refractivity contribution in [2.24, 2.45) is 5.92 Å². The van der Waals surface area contributed by atoms with E-state index in [2.05, 4.69) is 0 Å². The SMILES string of the molecule is CCOC(=O)C1CCN(C2CC(=O)N(c3ccc(C(=O)OCC(=O)c4ccc(C)cc4)cc3)C2=O)CC1. The highest BCUT2D eigenvalue weighted by Crippen LogP contribution is 2.29. The van der Waals surface area contributed by atoms with Crippen molar-refractivity contribution in [2.75, 3.05) is 31.2 Å². The summed E-state index contributed by atoms with van der Waals surface area (Å²) in [5, 5.41) is 0. The minimum absolute atomic E-state index is 0.0633. The molecule has 9 heteroatoms. The minimum Gasteiger partial charge on any atom is -0.466 e. The number of carbonyl (C=O) groups is 5. The molecule has 2 aromatic carbocycles. The van der Waals surface area contributed by atoms with Crippen molar-refractivity contribution < 1.29 is 33.4 Å². The average molecular weight is 507 g/mol. The fourth-order valence-corrected chi connectivity index (χ4v) is 4.66. The Morgan fingerprint density at radius 2 is 1.51 bits per heavy atom. The van der Waals surface area contributed by atoms with Crippen LogP contribution in [0.3, 0.4) is 0 Å². The highest BCUT2D eigenvalue weighted by atomic mass is 16.5. The van der Waals surface area contributed by atoms with Crippen LogP contribution >= 0.6 is 0 Å². The molecule has 2 aliphatic rings. The van der Waals surface area contributed by atoms with Crippen LogP contribution < -0.4 is 4.90 Å². The molecule has 1 atom stereocenters. The van der Waals surface area contributed by atoms with E-state index in [1.54, 1.807) is 19.1 Å². The second kappa shape index (κ2) is 11.5. The molecule has 0 aromatic heterocycles. The van der Waals surface area contributed by atoms with E-state index in [1.807, 2.05) is 24.0 Å². The van der Waals surface area contributed by atoms with Gasteiger partial charge in [-0.15, -0.1) is 0 Å². The number of amides is 2. The number of likely N-dealkylation sites (tertiary alicyclic amines) is 1. The van der Waals surface area contributed by atoms with Gasteiger partial charge in [0.25, 0.3) is 5.91 Å². The van der Waals surface area contributed by atoms with E-state index in [4.69, 9.17) is 9.47 Å². The van der Waals surface area contributed by atoms with Crippen LogP contribution in [0.15, 0.2) is 48.5 Å². The molecule has 9 nitrogen and oxygen atoms in total. The topological polar surface area (TPSA) is 110 Å². The lowest BCUT2D eigenvalue weighted by Gasteiger charge is -2.33. The molecular weight excluding hydrogens is 476 g/mol. The molecule has 37 heavy (non-hydrogen) atoms. The molecule has 194 valence electrons. The Kier molecular flexibility index (Phi) is 8.13. The van der Waals surface area contributed by atoms with Gasteiger partial charge in [-0.25, -0.2) is 9.69 Å². The third-order valence-electron chi connectivity index (χ3n) is 6.78. The lowest BCUT2D eigenvalue weighted by molar-refractivity contribution is -0.149. The molecule has 2 heterocycles. The molecule has 0 aliphatic carbocycles. The number of imide groups is 1. The lowest BCUT2D eigenvalue weighted by atomic mass is 9.95. The van der Waals surface area contributed by atoms with Crippen LogP contribution in [0.25, 0.3) is 0 Å². The van der Waals surface area contributed by atoms with Crippen LogP contribution in [-0.4, -0.2) is 66.8 Å². The molecule has 2 aliphatic heterocycles. The number of benzene rings is 2. The van der Waals surface area contributed by atoms with Crippen LogP contribution in [0, 0.1) is 12.8 Å². The van der Waals surface area contributed by atoms with Crippen molar-refractivity contribution in [3.05, 3.63) is 65.2 Å². The summed E-state index contributed by atoms with van der Waals surface area (Å²) in [6.45, 7) is 4.71. The Bertz CT molecular complexity index is 1180.